The van der Waals surface area contributed by atoms with Crippen LogP contribution in [0.3, 0.4) is 0 Å². The summed E-state index contributed by atoms with van der Waals surface area (Å²) < 4.78 is 1.01. The molecule has 2 aliphatic rings. The number of hydrogen-bond acceptors (Lipinski definition) is 4. The molecule has 32 heavy (non-hydrogen) atoms. The molecule has 0 aliphatic carbocycles. The van der Waals surface area contributed by atoms with Crippen LogP contribution < -0.4 is 5.32 Å². The van der Waals surface area contributed by atoms with Crippen molar-refractivity contribution in [1.29, 1.82) is 0 Å². The second kappa shape index (κ2) is 10.5. The molecule has 1 saturated heterocycles. The Balaban J connectivity index is 1.52. The van der Waals surface area contributed by atoms with E-state index in [9.17, 15) is 9.59 Å². The lowest BCUT2D eigenvalue weighted by molar-refractivity contribution is -0.148. The number of likely N-dealkylation sites (tertiary alicyclic amines) is 1. The Hall–Kier alpha value is -2.38. The highest BCUT2D eigenvalue weighted by Gasteiger charge is 2.36. The molecule has 0 spiro atoms. The SMILES string of the molecule is CC(=O)N1CC(C(=O)N2CCN(Cc3ccccc3)CCCNc3ccc(Br)cc3C2)C1. The van der Waals surface area contributed by atoms with Gasteiger partial charge in [-0.15, -0.1) is 0 Å². The Bertz CT molecular complexity index is 946. The number of anilines is 1. The molecule has 1 fully saturated rings. The van der Waals surface area contributed by atoms with Gasteiger partial charge >= 0.3 is 0 Å². The zero-order valence-electron chi connectivity index (χ0n) is 18.6. The van der Waals surface area contributed by atoms with E-state index >= 15 is 0 Å². The van der Waals surface area contributed by atoms with Crippen LogP contribution in [0.2, 0.25) is 0 Å². The van der Waals surface area contributed by atoms with Crippen molar-refractivity contribution in [3.8, 4) is 0 Å². The van der Waals surface area contributed by atoms with Crippen molar-refractivity contribution in [1.82, 2.24) is 14.7 Å². The number of amides is 2. The third-order valence-electron chi connectivity index (χ3n) is 6.32. The molecule has 2 aromatic carbocycles. The second-order valence-electron chi connectivity index (χ2n) is 8.72. The van der Waals surface area contributed by atoms with Crippen LogP contribution in [-0.2, 0) is 22.7 Å². The molecule has 2 amide bonds. The number of hydrogen-bond donors (Lipinski definition) is 1. The van der Waals surface area contributed by atoms with Gasteiger partial charge < -0.3 is 15.1 Å². The number of nitrogens with zero attached hydrogens (tertiary/aromatic N) is 3. The highest BCUT2D eigenvalue weighted by Crippen LogP contribution is 2.25. The molecule has 2 aromatic rings. The van der Waals surface area contributed by atoms with Crippen molar-refractivity contribution in [2.75, 3.05) is 44.6 Å². The Morgan fingerprint density at radius 1 is 1.03 bits per heavy atom. The highest BCUT2D eigenvalue weighted by atomic mass is 79.9. The zero-order chi connectivity index (χ0) is 22.5. The van der Waals surface area contributed by atoms with Gasteiger partial charge in [0.1, 0.15) is 0 Å². The maximum atomic E-state index is 13.4. The molecule has 0 radical (unpaired) electrons. The van der Waals surface area contributed by atoms with Crippen LogP contribution in [0, 0.1) is 5.92 Å². The zero-order valence-corrected chi connectivity index (χ0v) is 20.2. The summed E-state index contributed by atoms with van der Waals surface area (Å²) in [6.45, 7) is 7.43. The maximum Gasteiger partial charge on any atom is 0.229 e. The summed E-state index contributed by atoms with van der Waals surface area (Å²) in [5, 5.41) is 3.57. The van der Waals surface area contributed by atoms with Gasteiger partial charge in [-0.3, -0.25) is 14.5 Å². The number of carbonyl (C=O) groups is 2. The lowest BCUT2D eigenvalue weighted by Gasteiger charge is -2.40. The molecular weight excluding hydrogens is 468 g/mol. The molecule has 7 heteroatoms. The van der Waals surface area contributed by atoms with Crippen molar-refractivity contribution in [2.45, 2.75) is 26.4 Å². The van der Waals surface area contributed by atoms with Crippen LogP contribution >= 0.6 is 15.9 Å². The van der Waals surface area contributed by atoms with Crippen molar-refractivity contribution < 1.29 is 9.59 Å². The average Bonchev–Trinajstić information content (AvgIpc) is 2.77. The van der Waals surface area contributed by atoms with Gasteiger partial charge in [-0.1, -0.05) is 46.3 Å². The number of rotatable bonds is 3. The predicted octanol–water partition coefficient (Wildman–Crippen LogP) is 3.57. The van der Waals surface area contributed by atoms with Crippen molar-refractivity contribution in [2.24, 2.45) is 5.92 Å². The molecule has 0 unspecified atom stereocenters. The van der Waals surface area contributed by atoms with Crippen LogP contribution in [-0.4, -0.2) is 65.8 Å². The third kappa shape index (κ3) is 5.70. The Kier molecular flexibility index (Phi) is 7.48. The molecule has 1 N–H and O–H groups in total. The first kappa shape index (κ1) is 22.8. The predicted molar refractivity (Wildman–Crippen MR) is 130 cm³/mol. The van der Waals surface area contributed by atoms with E-state index in [1.165, 1.54) is 5.56 Å². The van der Waals surface area contributed by atoms with E-state index in [-0.39, 0.29) is 17.7 Å². The van der Waals surface area contributed by atoms with Crippen molar-refractivity contribution in [3.63, 3.8) is 0 Å². The van der Waals surface area contributed by atoms with E-state index < -0.39 is 0 Å². The number of carbonyl (C=O) groups excluding carboxylic acids is 2. The van der Waals surface area contributed by atoms with Crippen molar-refractivity contribution in [3.05, 3.63) is 64.1 Å². The Morgan fingerprint density at radius 2 is 1.81 bits per heavy atom. The Labute approximate surface area is 198 Å². The summed E-state index contributed by atoms with van der Waals surface area (Å²) in [7, 11) is 0. The van der Waals surface area contributed by atoms with Gasteiger partial charge in [0.25, 0.3) is 0 Å². The quantitative estimate of drug-likeness (QED) is 0.702. The first-order valence-electron chi connectivity index (χ1n) is 11.3. The summed E-state index contributed by atoms with van der Waals surface area (Å²) in [5.74, 6) is 0.0847. The average molecular weight is 499 g/mol. The van der Waals surface area contributed by atoms with Gasteiger partial charge in [-0.25, -0.2) is 0 Å². The van der Waals surface area contributed by atoms with Gasteiger partial charge in [0.15, 0.2) is 0 Å². The topological polar surface area (TPSA) is 55.9 Å². The minimum atomic E-state index is -0.102. The van der Waals surface area contributed by atoms with Crippen molar-refractivity contribution >= 4 is 33.4 Å². The van der Waals surface area contributed by atoms with Gasteiger partial charge in [0.05, 0.1) is 5.92 Å². The molecule has 2 heterocycles. The second-order valence-corrected chi connectivity index (χ2v) is 9.64. The molecule has 170 valence electrons. The minimum Gasteiger partial charge on any atom is -0.385 e. The van der Waals surface area contributed by atoms with Crippen LogP contribution in [0.1, 0.15) is 24.5 Å². The lowest BCUT2D eigenvalue weighted by atomic mass is 9.98. The van der Waals surface area contributed by atoms with E-state index in [4.69, 9.17) is 0 Å². The summed E-state index contributed by atoms with van der Waals surface area (Å²) >= 11 is 3.58. The van der Waals surface area contributed by atoms with E-state index in [0.29, 0.717) is 26.2 Å². The summed E-state index contributed by atoms with van der Waals surface area (Å²) in [6.07, 6.45) is 1.03. The monoisotopic (exact) mass is 498 g/mol. The summed E-state index contributed by atoms with van der Waals surface area (Å²) in [4.78, 5) is 31.1. The summed E-state index contributed by atoms with van der Waals surface area (Å²) in [5.41, 5.74) is 3.49. The van der Waals surface area contributed by atoms with Gasteiger partial charge in [0.2, 0.25) is 11.8 Å². The minimum absolute atomic E-state index is 0.0407. The smallest absolute Gasteiger partial charge is 0.229 e. The van der Waals surface area contributed by atoms with E-state index in [1.54, 1.807) is 11.8 Å². The number of benzene rings is 2. The third-order valence-corrected chi connectivity index (χ3v) is 6.81. The Morgan fingerprint density at radius 3 is 2.56 bits per heavy atom. The molecule has 2 aliphatic heterocycles. The molecule has 4 rings (SSSR count). The molecule has 6 nitrogen and oxygen atoms in total. The first-order chi connectivity index (χ1) is 15.5. The molecule has 0 saturated carbocycles. The molecular formula is C25H31BrN4O2. The number of fused-ring (bicyclic) bond motifs is 1. The van der Waals surface area contributed by atoms with Gasteiger partial charge in [-0.2, -0.15) is 0 Å². The van der Waals surface area contributed by atoms with Gasteiger partial charge in [0, 0.05) is 69.4 Å². The fourth-order valence-electron chi connectivity index (χ4n) is 4.39. The van der Waals surface area contributed by atoms with E-state index in [0.717, 1.165) is 48.3 Å². The summed E-state index contributed by atoms with van der Waals surface area (Å²) in [6, 6.07) is 16.7. The van der Waals surface area contributed by atoms with Crippen LogP contribution in [0.4, 0.5) is 5.69 Å². The fraction of sp³-hybridized carbons (Fsp3) is 0.440. The van der Waals surface area contributed by atoms with Crippen LogP contribution in [0.15, 0.2) is 53.0 Å². The number of nitrogens with one attached hydrogen (secondary N) is 1. The first-order valence-corrected chi connectivity index (χ1v) is 12.1. The van der Waals surface area contributed by atoms with Crippen LogP contribution in [0.5, 0.6) is 0 Å². The molecule has 0 atom stereocenters. The largest absolute Gasteiger partial charge is 0.385 e. The maximum absolute atomic E-state index is 13.4. The van der Waals surface area contributed by atoms with Crippen LogP contribution in [0.25, 0.3) is 0 Å². The highest BCUT2D eigenvalue weighted by molar-refractivity contribution is 9.10. The van der Waals surface area contributed by atoms with Gasteiger partial charge in [-0.05, 0) is 35.7 Å². The lowest BCUT2D eigenvalue weighted by Crippen LogP contribution is -2.56. The fourth-order valence-corrected chi connectivity index (χ4v) is 4.80. The van der Waals surface area contributed by atoms with E-state index in [1.807, 2.05) is 17.0 Å². The van der Waals surface area contributed by atoms with E-state index in [2.05, 4.69) is 62.5 Å². The normalized spacial score (nSPS) is 18.2. The molecule has 0 aromatic heterocycles. The number of halogens is 1. The molecule has 0 bridgehead atoms. The standard InChI is InChI=1S/C25H31BrN4O2/c1-19(31)30-17-22(18-30)25(32)29-13-12-28(15-20-6-3-2-4-7-20)11-5-10-27-24-9-8-23(26)14-21(24)16-29/h2-4,6-9,14,22,27H,5,10-13,15-18H2,1H3.